The van der Waals surface area contributed by atoms with E-state index in [0.29, 0.717) is 10.6 Å². The second-order valence-corrected chi connectivity index (χ2v) is 11.5. The van der Waals surface area contributed by atoms with Gasteiger partial charge in [0.1, 0.15) is 0 Å². The summed E-state index contributed by atoms with van der Waals surface area (Å²) < 4.78 is 0. The van der Waals surface area contributed by atoms with Gasteiger partial charge in [-0.3, -0.25) is 0 Å². The molecule has 2 atom stereocenters. The lowest BCUT2D eigenvalue weighted by Crippen LogP contribution is -2.46. The minimum absolute atomic E-state index is 0.291. The van der Waals surface area contributed by atoms with Crippen LogP contribution in [0.15, 0.2) is 70.9 Å². The molecule has 0 saturated heterocycles. The van der Waals surface area contributed by atoms with E-state index in [0.717, 1.165) is 0 Å². The van der Waals surface area contributed by atoms with E-state index in [4.69, 9.17) is 0 Å². The molecular weight excluding hydrogens is 304 g/mol. The van der Waals surface area contributed by atoms with Crippen LogP contribution in [0.2, 0.25) is 10.6 Å². The van der Waals surface area contributed by atoms with Gasteiger partial charge in [0.25, 0.3) is 0 Å². The second-order valence-electron chi connectivity index (χ2n) is 7.93. The number of benzene rings is 1. The summed E-state index contributed by atoms with van der Waals surface area (Å²) >= 11 is 0. The lowest BCUT2D eigenvalue weighted by molar-refractivity contribution is 0.730. The maximum atomic E-state index is 2.50. The van der Waals surface area contributed by atoms with Crippen molar-refractivity contribution >= 4 is 14.0 Å². The topological polar surface area (TPSA) is 0 Å². The molecule has 0 heterocycles. The molecule has 0 amide bonds. The van der Waals surface area contributed by atoms with E-state index in [1.165, 1.54) is 23.1 Å². The molecule has 0 spiro atoms. The lowest BCUT2D eigenvalue weighted by Gasteiger charge is -2.41. The van der Waals surface area contributed by atoms with Crippen LogP contribution in [0.3, 0.4) is 0 Å². The summed E-state index contributed by atoms with van der Waals surface area (Å²) in [6, 6.07) is 9.13. The Balaban J connectivity index is 2.20. The van der Waals surface area contributed by atoms with Gasteiger partial charge in [-0.25, -0.2) is 0 Å². The van der Waals surface area contributed by atoms with E-state index in [-0.39, 0.29) is 0 Å². The fraction of sp³-hybridized carbons (Fsp3) is 0.391. The zero-order chi connectivity index (χ0) is 17.5. The van der Waals surface area contributed by atoms with Crippen molar-refractivity contribution in [3.8, 4) is 0 Å². The predicted molar refractivity (Wildman–Crippen MR) is 110 cm³/mol. The summed E-state index contributed by atoms with van der Waals surface area (Å²) in [5, 5.41) is 1.94. The Morgan fingerprint density at radius 3 is 2.08 bits per heavy atom. The van der Waals surface area contributed by atoms with E-state index in [1.54, 1.807) is 16.3 Å². The maximum absolute atomic E-state index is 2.50. The number of rotatable bonds is 3. The van der Waals surface area contributed by atoms with E-state index < -0.39 is 8.80 Å². The van der Waals surface area contributed by atoms with Crippen LogP contribution >= 0.6 is 0 Å². The summed E-state index contributed by atoms with van der Waals surface area (Å²) in [6.45, 7) is 14.2. The second kappa shape index (κ2) is 6.37. The van der Waals surface area contributed by atoms with Gasteiger partial charge in [0, 0.05) is 0 Å². The van der Waals surface area contributed by atoms with Crippen LogP contribution in [0, 0.1) is 6.92 Å². The molecule has 1 aromatic carbocycles. The van der Waals surface area contributed by atoms with Gasteiger partial charge in [-0.15, -0.1) is 0 Å². The van der Waals surface area contributed by atoms with Gasteiger partial charge in [-0.05, 0) is 62.8 Å². The van der Waals surface area contributed by atoms with Crippen LogP contribution in [0.1, 0.15) is 46.6 Å². The molecule has 1 aromatic rings. The largest absolute Gasteiger partial charge is 0.0924 e. The number of hydrogen-bond acceptors (Lipinski definition) is 0. The molecule has 0 fully saturated rings. The molecule has 0 nitrogen and oxygen atoms in total. The molecule has 0 N–H and O–H groups in total. The molecule has 0 saturated carbocycles. The fourth-order valence-corrected chi connectivity index (χ4v) is 9.65. The maximum Gasteiger partial charge on any atom is 0.0924 e. The van der Waals surface area contributed by atoms with Crippen molar-refractivity contribution in [1.82, 2.24) is 0 Å². The summed E-state index contributed by atoms with van der Waals surface area (Å²) in [5.41, 5.74) is 8.42. The first-order valence-electron chi connectivity index (χ1n) is 9.12. The summed E-state index contributed by atoms with van der Waals surface area (Å²) in [6.07, 6.45) is 10.5. The van der Waals surface area contributed by atoms with Gasteiger partial charge in [-0.1, -0.05) is 77.4 Å². The number of allylic oxidation sites excluding steroid dienone is 8. The van der Waals surface area contributed by atoms with Crippen LogP contribution in [0.5, 0.6) is 0 Å². The van der Waals surface area contributed by atoms with Crippen molar-refractivity contribution in [2.75, 3.05) is 0 Å². The average Bonchev–Trinajstić information content (AvgIpc) is 2.75. The molecule has 2 unspecified atom stereocenters. The molecule has 3 rings (SSSR count). The Labute approximate surface area is 149 Å². The van der Waals surface area contributed by atoms with Crippen LogP contribution in [0.25, 0.3) is 0 Å². The monoisotopic (exact) mass is 334 g/mol. The normalized spacial score (nSPS) is 25.8. The first kappa shape index (κ1) is 17.2. The highest BCUT2D eigenvalue weighted by molar-refractivity contribution is 6.79. The zero-order valence-electron chi connectivity index (χ0n) is 16.0. The van der Waals surface area contributed by atoms with Gasteiger partial charge in [-0.2, -0.15) is 0 Å². The molecule has 2 aliphatic rings. The van der Waals surface area contributed by atoms with Crippen molar-refractivity contribution in [2.24, 2.45) is 0 Å². The first-order valence-corrected chi connectivity index (χ1v) is 10.9. The van der Waals surface area contributed by atoms with Crippen molar-refractivity contribution in [2.45, 2.75) is 58.5 Å². The van der Waals surface area contributed by atoms with E-state index in [1.807, 2.05) is 0 Å². The summed E-state index contributed by atoms with van der Waals surface area (Å²) in [4.78, 5) is 0. The highest BCUT2D eigenvalue weighted by atomic mass is 28.3. The molecule has 0 aromatic heterocycles. The van der Waals surface area contributed by atoms with E-state index in [9.17, 15) is 0 Å². The quantitative estimate of drug-likeness (QED) is 0.616. The Kier molecular flexibility index (Phi) is 4.57. The summed E-state index contributed by atoms with van der Waals surface area (Å²) in [7, 11) is -1.33. The average molecular weight is 335 g/mol. The smallest absolute Gasteiger partial charge is 0.0840 e. The molecule has 2 aliphatic carbocycles. The highest BCUT2D eigenvalue weighted by Gasteiger charge is 2.44. The standard InChI is InChI=1S/C23H30Si/c1-16-12-8-9-13-21(16)24(23(6)14-10-7-11-15-23)22-19(4)17(2)18(3)20(22)5/h7-14,22,24H,15H2,1-6H3. The molecule has 24 heavy (non-hydrogen) atoms. The van der Waals surface area contributed by atoms with Gasteiger partial charge >= 0.3 is 0 Å². The molecule has 1 heteroatoms. The minimum Gasteiger partial charge on any atom is -0.0840 e. The Hall–Kier alpha value is -1.60. The van der Waals surface area contributed by atoms with E-state index in [2.05, 4.69) is 90.1 Å². The highest BCUT2D eigenvalue weighted by Crippen LogP contribution is 2.51. The lowest BCUT2D eigenvalue weighted by atomic mass is 10.0. The van der Waals surface area contributed by atoms with E-state index >= 15 is 0 Å². The number of hydrogen-bond donors (Lipinski definition) is 0. The third-order valence-electron chi connectivity index (χ3n) is 6.53. The van der Waals surface area contributed by atoms with Crippen LogP contribution in [-0.2, 0) is 0 Å². The Bertz CT molecular complexity index is 751. The van der Waals surface area contributed by atoms with Crippen LogP contribution in [0.4, 0.5) is 0 Å². The minimum atomic E-state index is -1.33. The fourth-order valence-electron chi connectivity index (χ4n) is 4.71. The van der Waals surface area contributed by atoms with Crippen LogP contribution < -0.4 is 5.19 Å². The Morgan fingerprint density at radius 2 is 1.54 bits per heavy atom. The molecule has 0 radical (unpaired) electrons. The third kappa shape index (κ3) is 2.69. The zero-order valence-corrected chi connectivity index (χ0v) is 17.1. The van der Waals surface area contributed by atoms with Crippen molar-refractivity contribution in [1.29, 1.82) is 0 Å². The molecule has 0 aliphatic heterocycles. The third-order valence-corrected chi connectivity index (χ3v) is 11.4. The molecule has 126 valence electrons. The van der Waals surface area contributed by atoms with Crippen LogP contribution in [-0.4, -0.2) is 8.80 Å². The SMILES string of the molecule is CC1=C(C)C([SiH](c2ccccc2C)C2(C)C=CC=CC2)C(C)=C1C. The molecule has 0 bridgehead atoms. The van der Waals surface area contributed by atoms with Crippen molar-refractivity contribution in [3.05, 3.63) is 76.4 Å². The van der Waals surface area contributed by atoms with Gasteiger partial charge in [0.15, 0.2) is 0 Å². The van der Waals surface area contributed by atoms with Gasteiger partial charge < -0.3 is 0 Å². The van der Waals surface area contributed by atoms with Crippen molar-refractivity contribution < 1.29 is 0 Å². The van der Waals surface area contributed by atoms with Gasteiger partial charge in [0.05, 0.1) is 8.80 Å². The molecular formula is C23H30Si. The van der Waals surface area contributed by atoms with Crippen molar-refractivity contribution in [3.63, 3.8) is 0 Å². The first-order chi connectivity index (χ1) is 11.4. The number of aryl methyl sites for hydroxylation is 1. The van der Waals surface area contributed by atoms with Gasteiger partial charge in [0.2, 0.25) is 0 Å². The predicted octanol–water partition coefficient (Wildman–Crippen LogP) is 5.76. The Morgan fingerprint density at radius 1 is 0.917 bits per heavy atom. The summed E-state index contributed by atoms with van der Waals surface area (Å²) in [5.74, 6) is 0.